The molecule has 1 nitrogen and oxygen atoms in total. The van der Waals surface area contributed by atoms with Crippen molar-refractivity contribution in [3.8, 4) is 0 Å². The minimum atomic E-state index is -2.35. The third-order valence-electron chi connectivity index (χ3n) is 2.17. The Morgan fingerprint density at radius 3 is 2.33 bits per heavy atom. The molecule has 0 amide bonds. The first-order valence-corrected chi connectivity index (χ1v) is 4.85. The van der Waals surface area contributed by atoms with Gasteiger partial charge in [0, 0.05) is 0 Å². The highest BCUT2D eigenvalue weighted by Crippen LogP contribution is 2.04. The fourth-order valence-corrected chi connectivity index (χ4v) is 1.18. The lowest BCUT2D eigenvalue weighted by molar-refractivity contribution is 0.106. The van der Waals surface area contributed by atoms with Crippen LogP contribution >= 0.6 is 0 Å². The number of hydrogen-bond acceptors (Lipinski definition) is 1. The molecule has 0 aliphatic heterocycles. The number of rotatable bonds is 5. The summed E-state index contributed by atoms with van der Waals surface area (Å²) in [6, 6.07) is 5.25. The van der Waals surface area contributed by atoms with Crippen molar-refractivity contribution in [2.45, 2.75) is 25.8 Å². The normalized spacial score (nSPS) is 13.1. The fourth-order valence-electron chi connectivity index (χ4n) is 1.18. The van der Waals surface area contributed by atoms with Gasteiger partial charge in [-0.2, -0.15) is 0 Å². The van der Waals surface area contributed by atoms with Crippen molar-refractivity contribution >= 4 is 0 Å². The van der Waals surface area contributed by atoms with Gasteiger partial charge in [-0.25, -0.2) is 13.2 Å². The molecule has 0 saturated carbocycles. The van der Waals surface area contributed by atoms with Crippen LogP contribution in [0.3, 0.4) is 0 Å². The standard InChI is InChI=1S/C11H14F3N/c1-8(11(13)14)15-7-6-9-2-4-10(12)5-3-9/h2-5,8,11,15H,6-7H2,1H3. The topological polar surface area (TPSA) is 12.0 Å². The second-order valence-corrected chi connectivity index (χ2v) is 3.45. The van der Waals surface area contributed by atoms with E-state index in [1.54, 1.807) is 12.1 Å². The van der Waals surface area contributed by atoms with Gasteiger partial charge in [-0.15, -0.1) is 0 Å². The molecule has 1 rings (SSSR count). The zero-order valence-electron chi connectivity index (χ0n) is 8.51. The third-order valence-corrected chi connectivity index (χ3v) is 2.17. The van der Waals surface area contributed by atoms with E-state index >= 15 is 0 Å². The van der Waals surface area contributed by atoms with E-state index in [0.717, 1.165) is 5.56 Å². The fraction of sp³-hybridized carbons (Fsp3) is 0.455. The Labute approximate surface area is 87.3 Å². The molecule has 0 aliphatic rings. The van der Waals surface area contributed by atoms with E-state index in [1.165, 1.54) is 19.1 Å². The first kappa shape index (κ1) is 12.0. The maximum atomic E-state index is 12.5. The lowest BCUT2D eigenvalue weighted by Crippen LogP contribution is -2.33. The summed E-state index contributed by atoms with van der Waals surface area (Å²) < 4.78 is 36.7. The van der Waals surface area contributed by atoms with Crippen LogP contribution in [0.2, 0.25) is 0 Å². The van der Waals surface area contributed by atoms with Crippen molar-refractivity contribution in [3.05, 3.63) is 35.6 Å². The highest BCUT2D eigenvalue weighted by Gasteiger charge is 2.12. The predicted molar refractivity (Wildman–Crippen MR) is 53.6 cm³/mol. The Kier molecular flexibility index (Phi) is 4.62. The second kappa shape index (κ2) is 5.75. The van der Waals surface area contributed by atoms with Crippen molar-refractivity contribution in [3.63, 3.8) is 0 Å². The highest BCUT2D eigenvalue weighted by atomic mass is 19.3. The molecule has 0 radical (unpaired) electrons. The van der Waals surface area contributed by atoms with E-state index in [4.69, 9.17) is 0 Å². The molecule has 4 heteroatoms. The molecule has 1 aromatic carbocycles. The van der Waals surface area contributed by atoms with Crippen LogP contribution in [-0.2, 0) is 6.42 Å². The third kappa shape index (κ3) is 4.34. The Hall–Kier alpha value is -1.03. The van der Waals surface area contributed by atoms with Gasteiger partial charge in [0.25, 0.3) is 6.43 Å². The molecule has 0 saturated heterocycles. The highest BCUT2D eigenvalue weighted by molar-refractivity contribution is 5.16. The predicted octanol–water partition coefficient (Wildman–Crippen LogP) is 2.61. The molecular formula is C11H14F3N. The Balaban J connectivity index is 2.29. The first-order valence-electron chi connectivity index (χ1n) is 4.85. The number of halogens is 3. The molecule has 15 heavy (non-hydrogen) atoms. The number of benzene rings is 1. The summed E-state index contributed by atoms with van der Waals surface area (Å²) in [5, 5.41) is 2.70. The van der Waals surface area contributed by atoms with Gasteiger partial charge in [0.2, 0.25) is 0 Å². The van der Waals surface area contributed by atoms with Crippen molar-refractivity contribution in [1.82, 2.24) is 5.32 Å². The van der Waals surface area contributed by atoms with Gasteiger partial charge in [0.15, 0.2) is 0 Å². The van der Waals surface area contributed by atoms with Gasteiger partial charge in [-0.3, -0.25) is 0 Å². The van der Waals surface area contributed by atoms with Crippen LogP contribution in [0.4, 0.5) is 13.2 Å². The molecule has 0 aromatic heterocycles. The maximum absolute atomic E-state index is 12.5. The van der Waals surface area contributed by atoms with Crippen LogP contribution in [0.15, 0.2) is 24.3 Å². The monoisotopic (exact) mass is 217 g/mol. The van der Waals surface area contributed by atoms with E-state index in [-0.39, 0.29) is 5.82 Å². The zero-order valence-corrected chi connectivity index (χ0v) is 8.51. The Morgan fingerprint density at radius 2 is 1.80 bits per heavy atom. The maximum Gasteiger partial charge on any atom is 0.253 e. The number of nitrogens with one attached hydrogen (secondary N) is 1. The van der Waals surface area contributed by atoms with Gasteiger partial charge in [-0.1, -0.05) is 12.1 Å². The Morgan fingerprint density at radius 1 is 1.20 bits per heavy atom. The smallest absolute Gasteiger partial charge is 0.253 e. The van der Waals surface area contributed by atoms with Crippen LogP contribution in [0.5, 0.6) is 0 Å². The van der Waals surface area contributed by atoms with E-state index in [2.05, 4.69) is 5.32 Å². The van der Waals surface area contributed by atoms with Crippen molar-refractivity contribution < 1.29 is 13.2 Å². The molecular weight excluding hydrogens is 203 g/mol. The van der Waals surface area contributed by atoms with Gasteiger partial charge < -0.3 is 5.32 Å². The lowest BCUT2D eigenvalue weighted by atomic mass is 10.1. The summed E-state index contributed by atoms with van der Waals surface area (Å²) in [5.41, 5.74) is 0.936. The Bertz CT molecular complexity index is 284. The van der Waals surface area contributed by atoms with E-state index in [9.17, 15) is 13.2 Å². The summed E-state index contributed by atoms with van der Waals surface area (Å²) in [5.74, 6) is -0.285. The molecule has 0 spiro atoms. The molecule has 1 N–H and O–H groups in total. The van der Waals surface area contributed by atoms with Crippen LogP contribution in [0.25, 0.3) is 0 Å². The van der Waals surface area contributed by atoms with E-state index in [1.807, 2.05) is 0 Å². The minimum absolute atomic E-state index is 0.285. The van der Waals surface area contributed by atoms with Crippen LogP contribution in [0, 0.1) is 5.82 Å². The largest absolute Gasteiger partial charge is 0.309 e. The van der Waals surface area contributed by atoms with Gasteiger partial charge in [0.1, 0.15) is 5.82 Å². The quantitative estimate of drug-likeness (QED) is 0.799. The van der Waals surface area contributed by atoms with Crippen molar-refractivity contribution in [2.75, 3.05) is 6.54 Å². The van der Waals surface area contributed by atoms with Gasteiger partial charge in [0.05, 0.1) is 6.04 Å². The average Bonchev–Trinajstić information content (AvgIpc) is 2.20. The lowest BCUT2D eigenvalue weighted by Gasteiger charge is -2.12. The van der Waals surface area contributed by atoms with Gasteiger partial charge >= 0.3 is 0 Å². The molecule has 0 aliphatic carbocycles. The number of alkyl halides is 2. The zero-order chi connectivity index (χ0) is 11.3. The molecule has 0 fully saturated rings. The summed E-state index contributed by atoms with van der Waals surface area (Å²) in [4.78, 5) is 0. The minimum Gasteiger partial charge on any atom is -0.309 e. The average molecular weight is 217 g/mol. The first-order chi connectivity index (χ1) is 7.09. The van der Waals surface area contributed by atoms with Crippen LogP contribution in [0.1, 0.15) is 12.5 Å². The molecule has 1 atom stereocenters. The molecule has 0 bridgehead atoms. The summed E-state index contributed by atoms with van der Waals surface area (Å²) in [6.45, 7) is 1.91. The van der Waals surface area contributed by atoms with E-state index in [0.29, 0.717) is 13.0 Å². The van der Waals surface area contributed by atoms with Crippen LogP contribution < -0.4 is 5.32 Å². The second-order valence-electron chi connectivity index (χ2n) is 3.45. The molecule has 84 valence electrons. The molecule has 1 aromatic rings. The molecule has 0 heterocycles. The number of hydrogen-bond donors (Lipinski definition) is 1. The summed E-state index contributed by atoms with van der Waals surface area (Å²) in [6.07, 6.45) is -1.73. The van der Waals surface area contributed by atoms with Crippen molar-refractivity contribution in [1.29, 1.82) is 0 Å². The van der Waals surface area contributed by atoms with E-state index < -0.39 is 12.5 Å². The SMILES string of the molecule is CC(NCCc1ccc(F)cc1)C(F)F. The van der Waals surface area contributed by atoms with Crippen LogP contribution in [-0.4, -0.2) is 19.0 Å². The molecule has 1 unspecified atom stereocenters. The summed E-state index contributed by atoms with van der Waals surface area (Å²) >= 11 is 0. The summed E-state index contributed by atoms with van der Waals surface area (Å²) in [7, 11) is 0. The van der Waals surface area contributed by atoms with Gasteiger partial charge in [-0.05, 0) is 37.6 Å². The van der Waals surface area contributed by atoms with Crippen molar-refractivity contribution in [2.24, 2.45) is 0 Å².